The molecule has 0 spiro atoms. The second-order valence-electron chi connectivity index (χ2n) is 7.00. The number of rotatable bonds is 4. The van der Waals surface area contributed by atoms with Gasteiger partial charge in [0, 0.05) is 18.3 Å². The molecule has 0 radical (unpaired) electrons. The predicted octanol–water partition coefficient (Wildman–Crippen LogP) is 4.25. The van der Waals surface area contributed by atoms with Crippen LogP contribution in [0.2, 0.25) is 0 Å². The van der Waals surface area contributed by atoms with Crippen molar-refractivity contribution in [1.29, 1.82) is 0 Å². The zero-order valence-corrected chi connectivity index (χ0v) is 16.0. The lowest BCUT2D eigenvalue weighted by Gasteiger charge is -2.27. The summed E-state index contributed by atoms with van der Waals surface area (Å²) >= 11 is 1.41. The number of carbonyl (C=O) groups is 2. The van der Waals surface area contributed by atoms with Crippen molar-refractivity contribution in [2.75, 3.05) is 23.4 Å². The van der Waals surface area contributed by atoms with E-state index >= 15 is 0 Å². The number of nitrogens with zero attached hydrogens (tertiary/aromatic N) is 1. The van der Waals surface area contributed by atoms with E-state index in [9.17, 15) is 9.59 Å². The first-order valence-corrected chi connectivity index (χ1v) is 9.26. The fourth-order valence-electron chi connectivity index (χ4n) is 2.78. The Hall–Kier alpha value is -2.60. The number of carbonyl (C=O) groups excluding carboxylic acids is 2. The lowest BCUT2D eigenvalue weighted by atomic mass is 9.93. The molecule has 2 amide bonds. The summed E-state index contributed by atoms with van der Waals surface area (Å²) in [7, 11) is 0. The van der Waals surface area contributed by atoms with Crippen molar-refractivity contribution in [2.45, 2.75) is 20.8 Å². The van der Waals surface area contributed by atoms with E-state index in [0.717, 1.165) is 5.56 Å². The van der Waals surface area contributed by atoms with Crippen LogP contribution in [-0.2, 0) is 4.79 Å². The van der Waals surface area contributed by atoms with Crippen molar-refractivity contribution >= 4 is 34.5 Å². The third kappa shape index (κ3) is 3.51. The van der Waals surface area contributed by atoms with E-state index in [4.69, 9.17) is 4.74 Å². The molecule has 136 valence electrons. The highest BCUT2D eigenvalue weighted by Crippen LogP contribution is 2.38. The molecule has 1 aliphatic heterocycles. The number of anilines is 2. The third-order valence-electron chi connectivity index (χ3n) is 4.19. The van der Waals surface area contributed by atoms with Crippen molar-refractivity contribution in [1.82, 2.24) is 0 Å². The molecule has 0 aliphatic carbocycles. The Kier molecular flexibility index (Phi) is 4.87. The molecule has 0 atom stereocenters. The maximum atomic E-state index is 12.8. The van der Waals surface area contributed by atoms with E-state index in [1.165, 1.54) is 11.3 Å². The third-order valence-corrected chi connectivity index (χ3v) is 5.23. The zero-order valence-electron chi connectivity index (χ0n) is 15.2. The van der Waals surface area contributed by atoms with E-state index in [1.807, 2.05) is 32.2 Å². The van der Waals surface area contributed by atoms with E-state index < -0.39 is 5.41 Å². The van der Waals surface area contributed by atoms with E-state index in [1.54, 1.807) is 29.2 Å². The van der Waals surface area contributed by atoms with Gasteiger partial charge >= 0.3 is 0 Å². The number of hydrogen-bond donors (Lipinski definition) is 1. The minimum atomic E-state index is -0.639. The van der Waals surface area contributed by atoms with Gasteiger partial charge in [0.25, 0.3) is 5.91 Å². The Labute approximate surface area is 157 Å². The maximum Gasteiger partial charge on any atom is 0.265 e. The number of amides is 2. The normalized spacial score (nSPS) is 15.7. The largest absolute Gasteiger partial charge is 0.490 e. The van der Waals surface area contributed by atoms with Gasteiger partial charge in [-0.25, -0.2) is 0 Å². The monoisotopic (exact) mass is 370 g/mol. The number of hydrogen-bond acceptors (Lipinski definition) is 4. The summed E-state index contributed by atoms with van der Waals surface area (Å²) in [4.78, 5) is 27.5. The van der Waals surface area contributed by atoms with Crippen LogP contribution in [0.1, 0.15) is 29.1 Å². The zero-order chi connectivity index (χ0) is 18.9. The van der Waals surface area contributed by atoms with Crippen LogP contribution in [0.3, 0.4) is 0 Å². The fourth-order valence-corrected chi connectivity index (χ4v) is 3.57. The summed E-state index contributed by atoms with van der Waals surface area (Å²) in [5, 5.41) is 4.83. The molecule has 1 aromatic carbocycles. The summed E-state index contributed by atoms with van der Waals surface area (Å²) in [6, 6.07) is 7.20. The minimum absolute atomic E-state index is 0.0120. The Bertz CT molecular complexity index is 870. The van der Waals surface area contributed by atoms with Crippen LogP contribution in [-0.4, -0.2) is 25.0 Å². The van der Waals surface area contributed by atoms with Crippen LogP contribution in [0.4, 0.5) is 11.4 Å². The summed E-state index contributed by atoms with van der Waals surface area (Å²) < 4.78 is 5.90. The van der Waals surface area contributed by atoms with Gasteiger partial charge in [0.2, 0.25) is 5.91 Å². The number of nitrogens with one attached hydrogen (secondary N) is 1. The molecule has 2 aromatic rings. The van der Waals surface area contributed by atoms with Crippen molar-refractivity contribution in [3.63, 3.8) is 0 Å². The average Bonchev–Trinajstić information content (AvgIpc) is 3.01. The first-order valence-electron chi connectivity index (χ1n) is 8.38. The number of aryl methyl sites for hydroxylation is 1. The Morgan fingerprint density at radius 3 is 2.85 bits per heavy atom. The molecule has 6 heteroatoms. The van der Waals surface area contributed by atoms with Crippen LogP contribution >= 0.6 is 11.3 Å². The van der Waals surface area contributed by atoms with Gasteiger partial charge in [-0.15, -0.1) is 17.9 Å². The van der Waals surface area contributed by atoms with Gasteiger partial charge in [0.1, 0.15) is 12.4 Å². The van der Waals surface area contributed by atoms with Crippen molar-refractivity contribution in [2.24, 2.45) is 5.41 Å². The molecule has 1 N–H and O–H groups in total. The molecular weight excluding hydrogens is 348 g/mol. The summed E-state index contributed by atoms with van der Waals surface area (Å²) in [5.41, 5.74) is 1.74. The lowest BCUT2D eigenvalue weighted by molar-refractivity contribution is -0.127. The molecule has 1 aliphatic rings. The smallest absolute Gasteiger partial charge is 0.265 e. The molecule has 0 bridgehead atoms. The van der Waals surface area contributed by atoms with Crippen LogP contribution in [0.25, 0.3) is 0 Å². The number of benzene rings is 1. The van der Waals surface area contributed by atoms with E-state index in [-0.39, 0.29) is 18.4 Å². The molecule has 0 saturated heterocycles. The summed E-state index contributed by atoms with van der Waals surface area (Å²) in [6.07, 6.45) is 1.69. The first-order chi connectivity index (χ1) is 12.3. The van der Waals surface area contributed by atoms with Gasteiger partial charge in [0.15, 0.2) is 0 Å². The predicted molar refractivity (Wildman–Crippen MR) is 105 cm³/mol. The standard InChI is InChI=1S/C20H22N2O3S/c1-5-8-22-15-7-6-14(21-18(23)17-9-13(2)11-26-17)10-16(15)25-12-20(3,4)19(22)24/h5-7,9-11H,1,8,12H2,2-4H3,(H,21,23). The molecule has 3 rings (SSSR count). The van der Waals surface area contributed by atoms with Crippen molar-refractivity contribution in [3.8, 4) is 5.75 Å². The average molecular weight is 370 g/mol. The molecule has 2 heterocycles. The van der Waals surface area contributed by atoms with Crippen LogP contribution in [0.5, 0.6) is 5.75 Å². The molecule has 26 heavy (non-hydrogen) atoms. The second kappa shape index (κ2) is 6.96. The topological polar surface area (TPSA) is 58.6 Å². The number of fused-ring (bicyclic) bond motifs is 1. The molecule has 0 unspecified atom stereocenters. The highest BCUT2D eigenvalue weighted by Gasteiger charge is 2.37. The first kappa shape index (κ1) is 18.2. The second-order valence-corrected chi connectivity index (χ2v) is 7.91. The van der Waals surface area contributed by atoms with Gasteiger partial charge in [-0.1, -0.05) is 6.08 Å². The number of thiophene rings is 1. The molecule has 0 fully saturated rings. The van der Waals surface area contributed by atoms with E-state index in [0.29, 0.717) is 28.5 Å². The Morgan fingerprint density at radius 1 is 1.42 bits per heavy atom. The SMILES string of the molecule is C=CCN1C(=O)C(C)(C)COc2cc(NC(=O)c3cc(C)cs3)ccc21. The summed E-state index contributed by atoms with van der Waals surface area (Å²) in [5.74, 6) is 0.406. The molecule has 0 saturated carbocycles. The fraction of sp³-hybridized carbons (Fsp3) is 0.300. The molecule has 5 nitrogen and oxygen atoms in total. The highest BCUT2D eigenvalue weighted by atomic mass is 32.1. The van der Waals surface area contributed by atoms with Crippen molar-refractivity contribution < 1.29 is 14.3 Å². The van der Waals surface area contributed by atoms with Crippen LogP contribution < -0.4 is 15.0 Å². The Balaban J connectivity index is 1.90. The van der Waals surface area contributed by atoms with Gasteiger partial charge in [-0.05, 0) is 49.9 Å². The molecule has 1 aromatic heterocycles. The highest BCUT2D eigenvalue weighted by molar-refractivity contribution is 7.12. The number of ether oxygens (including phenoxy) is 1. The van der Waals surface area contributed by atoms with Gasteiger partial charge in [0.05, 0.1) is 16.0 Å². The van der Waals surface area contributed by atoms with Crippen molar-refractivity contribution in [3.05, 3.63) is 52.7 Å². The van der Waals surface area contributed by atoms with Crippen LogP contribution in [0.15, 0.2) is 42.3 Å². The van der Waals surface area contributed by atoms with Gasteiger partial charge in [-0.3, -0.25) is 9.59 Å². The maximum absolute atomic E-state index is 12.8. The molecular formula is C20H22N2O3S. The van der Waals surface area contributed by atoms with E-state index in [2.05, 4.69) is 11.9 Å². The minimum Gasteiger partial charge on any atom is -0.490 e. The van der Waals surface area contributed by atoms with Crippen LogP contribution in [0, 0.1) is 12.3 Å². The summed E-state index contributed by atoms with van der Waals surface area (Å²) in [6.45, 7) is 10.1. The lowest BCUT2D eigenvalue weighted by Crippen LogP contribution is -2.42. The Morgan fingerprint density at radius 2 is 2.19 bits per heavy atom. The quantitative estimate of drug-likeness (QED) is 0.819. The van der Waals surface area contributed by atoms with Gasteiger partial charge < -0.3 is 15.0 Å². The van der Waals surface area contributed by atoms with Gasteiger partial charge in [-0.2, -0.15) is 0 Å².